The predicted octanol–water partition coefficient (Wildman–Crippen LogP) is 2.77. The molecule has 0 N–H and O–H groups in total. The zero-order valence-electron chi connectivity index (χ0n) is 11.2. The minimum atomic E-state index is -0.804. The van der Waals surface area contributed by atoms with Gasteiger partial charge in [0, 0.05) is 7.05 Å². The second kappa shape index (κ2) is 5.05. The molecule has 102 valence electrons. The molecular formula is C12H14ClN3O3. The summed E-state index contributed by atoms with van der Waals surface area (Å²) in [5.74, 6) is 0.961. The molecule has 0 unspecified atom stereocenters. The van der Waals surface area contributed by atoms with Crippen LogP contribution in [0.2, 0.25) is 5.02 Å². The summed E-state index contributed by atoms with van der Waals surface area (Å²) >= 11 is 6.23. The number of aromatic nitrogens is 3. The summed E-state index contributed by atoms with van der Waals surface area (Å²) in [4.78, 5) is 20.0. The largest absolute Gasteiger partial charge is 0.513 e. The second-order valence-electron chi connectivity index (χ2n) is 4.02. The van der Waals surface area contributed by atoms with Gasteiger partial charge in [0.1, 0.15) is 16.4 Å². The van der Waals surface area contributed by atoms with Gasteiger partial charge in [0.05, 0.1) is 12.3 Å². The van der Waals surface area contributed by atoms with E-state index in [4.69, 9.17) is 21.1 Å². The minimum Gasteiger partial charge on any atom is -0.434 e. The molecule has 0 aliphatic heterocycles. The van der Waals surface area contributed by atoms with Crippen LogP contribution in [0.15, 0.2) is 0 Å². The van der Waals surface area contributed by atoms with Gasteiger partial charge in [0.2, 0.25) is 0 Å². The normalized spacial score (nSPS) is 10.8. The Morgan fingerprint density at radius 2 is 2.05 bits per heavy atom. The molecule has 2 aromatic rings. The Morgan fingerprint density at radius 3 is 2.68 bits per heavy atom. The molecule has 0 spiro atoms. The van der Waals surface area contributed by atoms with Crippen molar-refractivity contribution in [3.63, 3.8) is 0 Å². The fourth-order valence-corrected chi connectivity index (χ4v) is 2.00. The minimum absolute atomic E-state index is 0.186. The number of nitrogens with zero attached hydrogens (tertiary/aromatic N) is 3. The van der Waals surface area contributed by atoms with Crippen LogP contribution in [0.3, 0.4) is 0 Å². The molecule has 0 radical (unpaired) electrons. The van der Waals surface area contributed by atoms with Crippen LogP contribution in [0.1, 0.15) is 18.4 Å². The van der Waals surface area contributed by atoms with Gasteiger partial charge in [-0.25, -0.2) is 14.8 Å². The van der Waals surface area contributed by atoms with E-state index in [2.05, 4.69) is 9.97 Å². The first-order valence-electron chi connectivity index (χ1n) is 5.79. The van der Waals surface area contributed by atoms with Gasteiger partial charge in [-0.3, -0.25) is 0 Å². The topological polar surface area (TPSA) is 66.2 Å². The molecule has 0 amide bonds. The van der Waals surface area contributed by atoms with Crippen LogP contribution in [0.25, 0.3) is 11.2 Å². The highest BCUT2D eigenvalue weighted by Gasteiger charge is 2.19. The van der Waals surface area contributed by atoms with Crippen molar-refractivity contribution in [3.05, 3.63) is 16.5 Å². The monoisotopic (exact) mass is 283 g/mol. The first-order chi connectivity index (χ1) is 8.95. The lowest BCUT2D eigenvalue weighted by atomic mass is 10.3. The molecule has 19 heavy (non-hydrogen) atoms. The molecule has 0 bridgehead atoms. The molecule has 0 aromatic carbocycles. The lowest BCUT2D eigenvalue weighted by Crippen LogP contribution is -2.12. The number of hydrogen-bond acceptors (Lipinski definition) is 5. The zero-order chi connectivity index (χ0) is 14.2. The van der Waals surface area contributed by atoms with Crippen LogP contribution in [0.4, 0.5) is 4.79 Å². The van der Waals surface area contributed by atoms with Crippen molar-refractivity contribution in [2.45, 2.75) is 20.8 Å². The lowest BCUT2D eigenvalue weighted by molar-refractivity contribution is 0.104. The van der Waals surface area contributed by atoms with Crippen molar-refractivity contribution in [1.29, 1.82) is 0 Å². The Morgan fingerprint density at radius 1 is 1.37 bits per heavy atom. The van der Waals surface area contributed by atoms with Gasteiger partial charge in [-0.2, -0.15) is 0 Å². The van der Waals surface area contributed by atoms with E-state index >= 15 is 0 Å². The molecule has 0 saturated heterocycles. The number of carbonyl (C=O) groups is 1. The molecule has 2 aromatic heterocycles. The fraction of sp³-hybridized carbons (Fsp3) is 0.417. The highest BCUT2D eigenvalue weighted by molar-refractivity contribution is 6.36. The van der Waals surface area contributed by atoms with E-state index < -0.39 is 6.16 Å². The van der Waals surface area contributed by atoms with E-state index in [0.29, 0.717) is 16.9 Å². The summed E-state index contributed by atoms with van der Waals surface area (Å²) in [6.45, 7) is 5.48. The molecule has 0 atom stereocenters. The van der Waals surface area contributed by atoms with Gasteiger partial charge in [0.15, 0.2) is 11.4 Å². The van der Waals surface area contributed by atoms with Gasteiger partial charge in [-0.15, -0.1) is 0 Å². The number of carbonyl (C=O) groups excluding carboxylic acids is 1. The Balaban J connectivity index is 2.53. The summed E-state index contributed by atoms with van der Waals surface area (Å²) in [5, 5.41) is 0.263. The SMILES string of the molecule is CCOC(=O)Oc1c(C)nc2c(nc(C)n2C)c1Cl. The molecule has 6 nitrogen and oxygen atoms in total. The van der Waals surface area contributed by atoms with Crippen molar-refractivity contribution < 1.29 is 14.3 Å². The van der Waals surface area contributed by atoms with Gasteiger partial charge in [-0.1, -0.05) is 11.6 Å². The third kappa shape index (κ3) is 2.35. The number of pyridine rings is 1. The van der Waals surface area contributed by atoms with E-state index in [1.165, 1.54) is 0 Å². The first kappa shape index (κ1) is 13.6. The summed E-state index contributed by atoms with van der Waals surface area (Å²) in [6.07, 6.45) is -0.804. The Kier molecular flexibility index (Phi) is 3.61. The fourth-order valence-electron chi connectivity index (χ4n) is 1.70. The predicted molar refractivity (Wildman–Crippen MR) is 70.6 cm³/mol. The number of imidazole rings is 1. The molecule has 0 saturated carbocycles. The molecule has 0 aliphatic rings. The average molecular weight is 284 g/mol. The highest BCUT2D eigenvalue weighted by atomic mass is 35.5. The van der Waals surface area contributed by atoms with E-state index in [1.807, 2.05) is 18.5 Å². The van der Waals surface area contributed by atoms with Gasteiger partial charge in [0.25, 0.3) is 0 Å². The average Bonchev–Trinajstić information content (AvgIpc) is 2.63. The second-order valence-corrected chi connectivity index (χ2v) is 4.39. The number of rotatable bonds is 2. The van der Waals surface area contributed by atoms with Crippen LogP contribution < -0.4 is 4.74 Å². The quantitative estimate of drug-likeness (QED) is 0.793. The molecule has 7 heteroatoms. The summed E-state index contributed by atoms with van der Waals surface area (Å²) < 4.78 is 11.6. The van der Waals surface area contributed by atoms with E-state index in [1.54, 1.807) is 13.8 Å². The summed E-state index contributed by atoms with van der Waals surface area (Å²) in [7, 11) is 1.85. The van der Waals surface area contributed by atoms with Crippen molar-refractivity contribution in [3.8, 4) is 5.75 Å². The van der Waals surface area contributed by atoms with Crippen molar-refractivity contribution in [2.24, 2.45) is 7.05 Å². The number of hydrogen-bond donors (Lipinski definition) is 0. The van der Waals surface area contributed by atoms with Crippen molar-refractivity contribution >= 4 is 28.9 Å². The van der Waals surface area contributed by atoms with Crippen LogP contribution >= 0.6 is 11.6 Å². The van der Waals surface area contributed by atoms with Gasteiger partial charge >= 0.3 is 6.16 Å². The molecule has 0 aliphatic carbocycles. The van der Waals surface area contributed by atoms with Crippen LogP contribution in [0.5, 0.6) is 5.75 Å². The van der Waals surface area contributed by atoms with Crippen LogP contribution in [-0.4, -0.2) is 27.3 Å². The van der Waals surface area contributed by atoms with Gasteiger partial charge in [-0.05, 0) is 20.8 Å². The first-order valence-corrected chi connectivity index (χ1v) is 6.17. The Bertz CT molecular complexity index is 651. The maximum absolute atomic E-state index is 11.4. The van der Waals surface area contributed by atoms with Crippen molar-refractivity contribution in [1.82, 2.24) is 14.5 Å². The highest BCUT2D eigenvalue weighted by Crippen LogP contribution is 2.34. The third-order valence-electron chi connectivity index (χ3n) is 2.75. The van der Waals surface area contributed by atoms with Crippen LogP contribution in [0, 0.1) is 13.8 Å². The molecule has 2 heterocycles. The van der Waals surface area contributed by atoms with E-state index in [0.717, 1.165) is 5.82 Å². The molecular weight excluding hydrogens is 270 g/mol. The van der Waals surface area contributed by atoms with Crippen LogP contribution in [-0.2, 0) is 11.8 Å². The summed E-state index contributed by atoms with van der Waals surface area (Å²) in [5.41, 5.74) is 1.66. The lowest BCUT2D eigenvalue weighted by Gasteiger charge is -2.09. The number of fused-ring (bicyclic) bond motifs is 1. The number of ether oxygens (including phenoxy) is 2. The van der Waals surface area contributed by atoms with E-state index in [9.17, 15) is 4.79 Å². The van der Waals surface area contributed by atoms with Gasteiger partial charge < -0.3 is 14.0 Å². The molecule has 0 fully saturated rings. The summed E-state index contributed by atoms with van der Waals surface area (Å²) in [6, 6.07) is 0. The number of halogens is 1. The zero-order valence-corrected chi connectivity index (χ0v) is 11.9. The molecule has 2 rings (SSSR count). The third-order valence-corrected chi connectivity index (χ3v) is 3.10. The van der Waals surface area contributed by atoms with E-state index in [-0.39, 0.29) is 17.4 Å². The maximum atomic E-state index is 11.4. The maximum Gasteiger partial charge on any atom is 0.513 e. The van der Waals surface area contributed by atoms with Crippen molar-refractivity contribution in [2.75, 3.05) is 6.61 Å². The smallest absolute Gasteiger partial charge is 0.434 e. The Hall–Kier alpha value is -1.82. The standard InChI is InChI=1S/C12H14ClN3O3/c1-5-18-12(17)19-10-6(2)14-11-9(8(10)13)15-7(3)16(11)4/h5H2,1-4H3. The Labute approximate surface area is 115 Å². The number of aryl methyl sites for hydroxylation is 3.